The van der Waals surface area contributed by atoms with Crippen molar-refractivity contribution in [3.63, 3.8) is 0 Å². The van der Waals surface area contributed by atoms with Gasteiger partial charge in [-0.2, -0.15) is 0 Å². The number of aromatic nitrogens is 2. The van der Waals surface area contributed by atoms with E-state index in [-0.39, 0.29) is 5.56 Å². The first-order valence-corrected chi connectivity index (χ1v) is 7.47. The highest BCUT2D eigenvalue weighted by atomic mass is 35.5. The van der Waals surface area contributed by atoms with Crippen molar-refractivity contribution in [3.05, 3.63) is 64.3 Å². The average molecular weight is 319 g/mol. The first-order chi connectivity index (χ1) is 10.1. The van der Waals surface area contributed by atoms with Crippen LogP contribution in [0.25, 0.3) is 10.7 Å². The van der Waals surface area contributed by atoms with Gasteiger partial charge in [0.2, 0.25) is 0 Å². The molecule has 0 spiro atoms. The molecule has 0 fully saturated rings. The molecule has 106 valence electrons. The quantitative estimate of drug-likeness (QED) is 0.790. The van der Waals surface area contributed by atoms with Crippen LogP contribution in [0.5, 0.6) is 0 Å². The number of carboxylic acid groups (broad SMARTS) is 1. The molecule has 0 aliphatic rings. The van der Waals surface area contributed by atoms with E-state index in [4.69, 9.17) is 16.7 Å². The molecule has 21 heavy (non-hydrogen) atoms. The Morgan fingerprint density at radius 3 is 2.90 bits per heavy atom. The number of carboxylic acids is 1. The summed E-state index contributed by atoms with van der Waals surface area (Å²) in [6, 6.07) is 8.77. The van der Waals surface area contributed by atoms with Crippen LogP contribution in [0, 0.1) is 0 Å². The summed E-state index contributed by atoms with van der Waals surface area (Å²) < 4.78 is 1.99. The van der Waals surface area contributed by atoms with E-state index in [0.29, 0.717) is 11.6 Å². The minimum atomic E-state index is -0.981. The highest BCUT2D eigenvalue weighted by Gasteiger charge is 2.11. The second-order valence-corrected chi connectivity index (χ2v) is 5.82. The monoisotopic (exact) mass is 318 g/mol. The van der Waals surface area contributed by atoms with Crippen LogP contribution in [-0.2, 0) is 6.54 Å². The maximum Gasteiger partial charge on any atom is 0.335 e. The Balaban J connectivity index is 1.91. The lowest BCUT2D eigenvalue weighted by Gasteiger charge is -2.09. The summed E-state index contributed by atoms with van der Waals surface area (Å²) in [5.74, 6) is -0.103. The number of carbonyl (C=O) groups is 1. The summed E-state index contributed by atoms with van der Waals surface area (Å²) in [5, 5.41) is 11.4. The molecular weight excluding hydrogens is 308 g/mol. The smallest absolute Gasteiger partial charge is 0.335 e. The number of thiophene rings is 1. The minimum absolute atomic E-state index is 0.188. The molecule has 0 aliphatic heterocycles. The van der Waals surface area contributed by atoms with Crippen LogP contribution >= 0.6 is 22.9 Å². The van der Waals surface area contributed by atoms with Gasteiger partial charge in [0.25, 0.3) is 0 Å². The molecule has 6 heteroatoms. The number of imidazole rings is 1. The third kappa shape index (κ3) is 2.84. The van der Waals surface area contributed by atoms with Crippen molar-refractivity contribution in [2.75, 3.05) is 0 Å². The fourth-order valence-corrected chi connectivity index (χ4v) is 3.04. The Kier molecular flexibility index (Phi) is 3.77. The lowest BCUT2D eigenvalue weighted by atomic mass is 10.1. The predicted molar refractivity (Wildman–Crippen MR) is 83.1 cm³/mol. The summed E-state index contributed by atoms with van der Waals surface area (Å²) in [6.45, 7) is 0.548. The van der Waals surface area contributed by atoms with E-state index in [2.05, 4.69) is 4.98 Å². The van der Waals surface area contributed by atoms with E-state index >= 15 is 0 Å². The Morgan fingerprint density at radius 1 is 1.38 bits per heavy atom. The molecule has 1 aromatic carbocycles. The van der Waals surface area contributed by atoms with Gasteiger partial charge in [-0.1, -0.05) is 23.7 Å². The lowest BCUT2D eigenvalue weighted by molar-refractivity contribution is 0.0697. The standard InChI is InChI=1S/C15H11ClN2O2S/c16-12-8-10(15(19)20)3-4-11(12)9-18-6-5-17-14(18)13-2-1-7-21-13/h1-8H,9H2,(H,19,20). The fraction of sp³-hybridized carbons (Fsp3) is 0.0667. The van der Waals surface area contributed by atoms with Crippen molar-refractivity contribution in [1.29, 1.82) is 0 Å². The zero-order valence-electron chi connectivity index (χ0n) is 10.9. The van der Waals surface area contributed by atoms with E-state index in [9.17, 15) is 4.79 Å². The number of hydrogen-bond acceptors (Lipinski definition) is 3. The van der Waals surface area contributed by atoms with Crippen LogP contribution in [0.4, 0.5) is 0 Å². The lowest BCUT2D eigenvalue weighted by Crippen LogP contribution is -2.03. The number of hydrogen-bond donors (Lipinski definition) is 1. The molecular formula is C15H11ClN2O2S. The molecule has 0 bridgehead atoms. The van der Waals surface area contributed by atoms with Gasteiger partial charge in [0.15, 0.2) is 0 Å². The summed E-state index contributed by atoms with van der Waals surface area (Å²) >= 11 is 7.80. The van der Waals surface area contributed by atoms with Gasteiger partial charge >= 0.3 is 5.97 Å². The maximum absolute atomic E-state index is 10.9. The number of halogens is 1. The van der Waals surface area contributed by atoms with Gasteiger partial charge in [0.1, 0.15) is 5.82 Å². The number of aromatic carboxylic acids is 1. The summed E-state index contributed by atoms with van der Waals surface area (Å²) in [6.07, 6.45) is 3.63. The zero-order chi connectivity index (χ0) is 14.8. The summed E-state index contributed by atoms with van der Waals surface area (Å²) in [4.78, 5) is 16.4. The molecule has 4 nitrogen and oxygen atoms in total. The third-order valence-electron chi connectivity index (χ3n) is 3.10. The van der Waals surface area contributed by atoms with E-state index in [1.54, 1.807) is 29.7 Å². The average Bonchev–Trinajstić information content (AvgIpc) is 3.11. The van der Waals surface area contributed by atoms with E-state index in [0.717, 1.165) is 16.3 Å². The normalized spacial score (nSPS) is 10.7. The van der Waals surface area contributed by atoms with Crippen molar-refractivity contribution >= 4 is 28.9 Å². The van der Waals surface area contributed by atoms with Crippen molar-refractivity contribution < 1.29 is 9.90 Å². The van der Waals surface area contributed by atoms with Gasteiger partial charge in [0.05, 0.1) is 17.0 Å². The van der Waals surface area contributed by atoms with Crippen molar-refractivity contribution in [3.8, 4) is 10.7 Å². The molecule has 0 aliphatic carbocycles. The van der Waals surface area contributed by atoms with Crippen molar-refractivity contribution in [1.82, 2.24) is 9.55 Å². The molecule has 2 aromatic heterocycles. The van der Waals surface area contributed by atoms with Gasteiger partial charge in [-0.05, 0) is 29.1 Å². The molecule has 0 unspecified atom stereocenters. The number of nitrogens with zero attached hydrogens (tertiary/aromatic N) is 2. The van der Waals surface area contributed by atoms with Crippen LogP contribution in [0.15, 0.2) is 48.1 Å². The molecule has 2 heterocycles. The first kappa shape index (κ1) is 13.9. The van der Waals surface area contributed by atoms with Crippen LogP contribution in [0.2, 0.25) is 5.02 Å². The molecule has 0 saturated carbocycles. The van der Waals surface area contributed by atoms with E-state index in [1.165, 1.54) is 6.07 Å². The number of rotatable bonds is 4. The Morgan fingerprint density at radius 2 is 2.24 bits per heavy atom. The highest BCUT2D eigenvalue weighted by molar-refractivity contribution is 7.13. The molecule has 0 atom stereocenters. The Labute approximate surface area is 130 Å². The Hall–Kier alpha value is -2.11. The fourth-order valence-electron chi connectivity index (χ4n) is 2.06. The highest BCUT2D eigenvalue weighted by Crippen LogP contribution is 2.25. The molecule has 0 amide bonds. The number of benzene rings is 1. The largest absolute Gasteiger partial charge is 0.478 e. The molecule has 3 rings (SSSR count). The van der Waals surface area contributed by atoms with Crippen LogP contribution in [0.3, 0.4) is 0 Å². The maximum atomic E-state index is 10.9. The third-order valence-corrected chi connectivity index (χ3v) is 4.32. The molecule has 0 saturated heterocycles. The van der Waals surface area contributed by atoms with E-state index < -0.39 is 5.97 Å². The van der Waals surface area contributed by atoms with E-state index in [1.807, 2.05) is 28.3 Å². The Bertz CT molecular complexity index is 781. The topological polar surface area (TPSA) is 55.1 Å². The van der Waals surface area contributed by atoms with Crippen molar-refractivity contribution in [2.24, 2.45) is 0 Å². The molecule has 1 N–H and O–H groups in total. The predicted octanol–water partition coefficient (Wildman–Crippen LogP) is 4.01. The molecule has 3 aromatic rings. The van der Waals surface area contributed by atoms with Gasteiger partial charge < -0.3 is 9.67 Å². The van der Waals surface area contributed by atoms with Gasteiger partial charge in [-0.25, -0.2) is 9.78 Å². The van der Waals surface area contributed by atoms with Gasteiger partial charge in [-0.3, -0.25) is 0 Å². The van der Waals surface area contributed by atoms with Crippen LogP contribution in [0.1, 0.15) is 15.9 Å². The zero-order valence-corrected chi connectivity index (χ0v) is 12.4. The second-order valence-electron chi connectivity index (χ2n) is 4.47. The van der Waals surface area contributed by atoms with Crippen LogP contribution < -0.4 is 0 Å². The minimum Gasteiger partial charge on any atom is -0.478 e. The first-order valence-electron chi connectivity index (χ1n) is 6.22. The van der Waals surface area contributed by atoms with Gasteiger partial charge in [-0.15, -0.1) is 11.3 Å². The SMILES string of the molecule is O=C(O)c1ccc(Cn2ccnc2-c2cccs2)c(Cl)c1. The molecule has 0 radical (unpaired) electrons. The summed E-state index contributed by atoms with van der Waals surface area (Å²) in [7, 11) is 0. The van der Waals surface area contributed by atoms with Gasteiger partial charge in [0, 0.05) is 17.4 Å². The van der Waals surface area contributed by atoms with Crippen molar-refractivity contribution in [2.45, 2.75) is 6.54 Å². The summed E-state index contributed by atoms with van der Waals surface area (Å²) in [5.41, 5.74) is 1.05. The second kappa shape index (κ2) is 5.71. The van der Waals surface area contributed by atoms with Crippen LogP contribution in [-0.4, -0.2) is 20.6 Å².